The van der Waals surface area contributed by atoms with E-state index in [1.807, 2.05) is 25.1 Å². The maximum atomic E-state index is 13.8. The van der Waals surface area contributed by atoms with Gasteiger partial charge in [0.25, 0.3) is 0 Å². The Morgan fingerprint density at radius 3 is 2.55 bits per heavy atom. The molecule has 4 aromatic rings. The molecule has 12 heteroatoms. The van der Waals surface area contributed by atoms with Crippen LogP contribution in [0.5, 0.6) is 5.75 Å². The number of rotatable bonds is 7. The number of methoxy groups -OCH3 is 1. The summed E-state index contributed by atoms with van der Waals surface area (Å²) in [7, 11) is 1.54. The predicted molar refractivity (Wildman–Crippen MR) is 161 cm³/mol. The average molecular weight is 635 g/mol. The van der Waals surface area contributed by atoms with Gasteiger partial charge in [0.2, 0.25) is 11.8 Å². The third kappa shape index (κ3) is 5.26. The van der Waals surface area contributed by atoms with E-state index in [1.165, 1.54) is 14.0 Å². The standard InChI is InChI=1S/C29H28BrN7O4.CH4/c1-15(38)27-20-7-17(18-12-31-16(2)32-13-18)5-6-21(20)36(35-27)14-26(39)37-22(10-29(3)11-23(29)37)28(40)34-25-9-19(41-4)8-24(30)33-25;/h5-9,12-13,22-23H,10-11,14H2,1-4H3,(H,33,34,40);1H4/t22-,23+,29-;/m0./s1. The van der Waals surface area contributed by atoms with E-state index < -0.39 is 6.04 Å². The second-order valence-electron chi connectivity index (χ2n) is 10.9. The van der Waals surface area contributed by atoms with Crippen molar-refractivity contribution in [1.82, 2.24) is 29.6 Å². The Kier molecular flexibility index (Phi) is 7.61. The molecule has 42 heavy (non-hydrogen) atoms. The van der Waals surface area contributed by atoms with Crippen LogP contribution in [0.15, 0.2) is 47.3 Å². The lowest BCUT2D eigenvalue weighted by Crippen LogP contribution is -2.46. The second kappa shape index (κ2) is 10.9. The first-order valence-electron chi connectivity index (χ1n) is 13.2. The van der Waals surface area contributed by atoms with E-state index in [1.54, 1.807) is 34.1 Å². The Hall–Kier alpha value is -4.19. The van der Waals surface area contributed by atoms with E-state index in [0.717, 1.165) is 17.5 Å². The highest BCUT2D eigenvalue weighted by atomic mass is 79.9. The van der Waals surface area contributed by atoms with Crippen molar-refractivity contribution in [2.75, 3.05) is 12.4 Å². The zero-order valence-corrected chi connectivity index (χ0v) is 24.6. The molecule has 0 bridgehead atoms. The van der Waals surface area contributed by atoms with Crippen LogP contribution in [0.1, 0.15) is 50.4 Å². The molecule has 1 aliphatic carbocycles. The van der Waals surface area contributed by atoms with Crippen molar-refractivity contribution in [3.63, 3.8) is 0 Å². The fraction of sp³-hybridized carbons (Fsp3) is 0.367. The number of hydrogen-bond acceptors (Lipinski definition) is 8. The summed E-state index contributed by atoms with van der Waals surface area (Å²) in [5.41, 5.74) is 2.48. The molecule has 1 saturated heterocycles. The highest BCUT2D eigenvalue weighted by Crippen LogP contribution is 2.59. The van der Waals surface area contributed by atoms with Crippen LogP contribution in [0, 0.1) is 12.3 Å². The molecule has 0 spiro atoms. The summed E-state index contributed by atoms with van der Waals surface area (Å²) in [6.07, 6.45) is 4.86. The number of fused-ring (bicyclic) bond motifs is 2. The largest absolute Gasteiger partial charge is 0.497 e. The number of aryl methyl sites for hydroxylation is 1. The first kappa shape index (κ1) is 29.3. The molecule has 11 nitrogen and oxygen atoms in total. The zero-order chi connectivity index (χ0) is 29.1. The summed E-state index contributed by atoms with van der Waals surface area (Å²) in [4.78, 5) is 54.3. The molecule has 2 aliphatic rings. The topological polar surface area (TPSA) is 132 Å². The number of anilines is 1. The lowest BCUT2D eigenvalue weighted by atomic mass is 10.0. The van der Waals surface area contributed by atoms with Gasteiger partial charge in [0.15, 0.2) is 5.78 Å². The number of ether oxygens (including phenoxy) is 1. The number of aromatic nitrogens is 5. The minimum Gasteiger partial charge on any atom is -0.497 e. The van der Waals surface area contributed by atoms with E-state index >= 15 is 0 Å². The zero-order valence-electron chi connectivity index (χ0n) is 23.0. The molecule has 1 aliphatic heterocycles. The number of Topliss-reactive ketones (excluding diaryl/α,β-unsaturated/α-hetero) is 1. The fourth-order valence-corrected chi connectivity index (χ4v) is 6.13. The third-order valence-electron chi connectivity index (χ3n) is 7.96. The summed E-state index contributed by atoms with van der Waals surface area (Å²) in [6, 6.07) is 8.25. The minimum atomic E-state index is -0.653. The molecule has 218 valence electrons. The number of carbonyl (C=O) groups excluding carboxylic acids is 3. The monoisotopic (exact) mass is 633 g/mol. The fourth-order valence-electron chi connectivity index (χ4n) is 5.72. The SMILES string of the molecule is C.COc1cc(Br)nc(NC(=O)[C@@H]2C[C@@]3(C)C[C@H]3N2C(=O)Cn2nc(C(C)=O)c3cc(-c4cnc(C)nc4)ccc32)c1. The Morgan fingerprint density at radius 1 is 1.12 bits per heavy atom. The normalized spacial score (nSPS) is 20.5. The maximum Gasteiger partial charge on any atom is 0.248 e. The number of hydrogen-bond donors (Lipinski definition) is 1. The van der Waals surface area contributed by atoms with Crippen LogP contribution in [0.4, 0.5) is 5.82 Å². The molecule has 0 radical (unpaired) electrons. The van der Waals surface area contributed by atoms with E-state index in [4.69, 9.17) is 4.74 Å². The van der Waals surface area contributed by atoms with Gasteiger partial charge >= 0.3 is 0 Å². The van der Waals surface area contributed by atoms with Crippen LogP contribution < -0.4 is 10.1 Å². The Balaban J connectivity index is 0.00000353. The summed E-state index contributed by atoms with van der Waals surface area (Å²) in [6.45, 7) is 5.27. The molecule has 1 aromatic carbocycles. The van der Waals surface area contributed by atoms with E-state index in [2.05, 4.69) is 48.2 Å². The van der Waals surface area contributed by atoms with Crippen LogP contribution in [-0.4, -0.2) is 66.4 Å². The van der Waals surface area contributed by atoms with Crippen molar-refractivity contribution in [3.8, 4) is 16.9 Å². The van der Waals surface area contributed by atoms with Crippen molar-refractivity contribution in [1.29, 1.82) is 0 Å². The number of nitrogens with zero attached hydrogens (tertiary/aromatic N) is 6. The van der Waals surface area contributed by atoms with Crippen molar-refractivity contribution >= 4 is 50.2 Å². The van der Waals surface area contributed by atoms with Gasteiger partial charge in [-0.05, 0) is 58.8 Å². The molecular weight excluding hydrogens is 602 g/mol. The van der Waals surface area contributed by atoms with Crippen LogP contribution in [0.3, 0.4) is 0 Å². The molecule has 1 saturated carbocycles. The lowest BCUT2D eigenvalue weighted by Gasteiger charge is -2.27. The smallest absolute Gasteiger partial charge is 0.248 e. The molecular formula is C30H32BrN7O4. The van der Waals surface area contributed by atoms with Crippen molar-refractivity contribution < 1.29 is 19.1 Å². The quantitative estimate of drug-likeness (QED) is 0.226. The Bertz CT molecular complexity index is 1720. The number of pyridine rings is 1. The maximum absolute atomic E-state index is 13.8. The molecule has 3 atom stereocenters. The predicted octanol–water partition coefficient (Wildman–Crippen LogP) is 4.82. The van der Waals surface area contributed by atoms with Gasteiger partial charge in [0.05, 0.1) is 12.6 Å². The van der Waals surface area contributed by atoms with Gasteiger partial charge in [-0.1, -0.05) is 20.4 Å². The molecule has 0 unspecified atom stereocenters. The lowest BCUT2D eigenvalue weighted by molar-refractivity contribution is -0.138. The number of carbonyl (C=O) groups is 3. The van der Waals surface area contributed by atoms with Crippen LogP contribution in [-0.2, 0) is 16.1 Å². The third-order valence-corrected chi connectivity index (χ3v) is 8.37. The van der Waals surface area contributed by atoms with Gasteiger partial charge < -0.3 is 15.0 Å². The highest BCUT2D eigenvalue weighted by Gasteiger charge is 2.64. The molecule has 4 heterocycles. The van der Waals surface area contributed by atoms with Crippen LogP contribution in [0.25, 0.3) is 22.0 Å². The number of benzene rings is 1. The number of likely N-dealkylation sites (tertiary alicyclic amines) is 1. The summed E-state index contributed by atoms with van der Waals surface area (Å²) >= 11 is 3.33. The number of ketones is 1. The minimum absolute atomic E-state index is 0. The number of nitrogens with one attached hydrogen (secondary N) is 1. The Morgan fingerprint density at radius 2 is 1.86 bits per heavy atom. The molecule has 2 fully saturated rings. The van der Waals surface area contributed by atoms with E-state index in [-0.39, 0.29) is 48.7 Å². The van der Waals surface area contributed by atoms with Gasteiger partial charge in [-0.15, -0.1) is 0 Å². The summed E-state index contributed by atoms with van der Waals surface area (Å²) in [5, 5.41) is 8.02. The summed E-state index contributed by atoms with van der Waals surface area (Å²) < 4.78 is 7.35. The number of piperidine rings is 1. The number of halogens is 1. The van der Waals surface area contributed by atoms with Gasteiger partial charge in [0.1, 0.15) is 40.3 Å². The second-order valence-corrected chi connectivity index (χ2v) is 11.7. The molecule has 2 amide bonds. The number of amides is 2. The molecule has 1 N–H and O–H groups in total. The summed E-state index contributed by atoms with van der Waals surface area (Å²) in [5.74, 6) is 0.799. The molecule has 3 aromatic heterocycles. The van der Waals surface area contributed by atoms with E-state index in [9.17, 15) is 14.4 Å². The van der Waals surface area contributed by atoms with Gasteiger partial charge in [0, 0.05) is 48.4 Å². The molecule has 6 rings (SSSR count). The van der Waals surface area contributed by atoms with Crippen LogP contribution in [0.2, 0.25) is 0 Å². The first-order valence-corrected chi connectivity index (χ1v) is 14.0. The van der Waals surface area contributed by atoms with Crippen molar-refractivity contribution in [2.24, 2.45) is 5.41 Å². The van der Waals surface area contributed by atoms with E-state index in [0.29, 0.717) is 39.3 Å². The van der Waals surface area contributed by atoms with Gasteiger partial charge in [-0.3, -0.25) is 19.1 Å². The highest BCUT2D eigenvalue weighted by molar-refractivity contribution is 9.10. The van der Waals surface area contributed by atoms with Gasteiger partial charge in [-0.25, -0.2) is 15.0 Å². The van der Waals surface area contributed by atoms with Crippen molar-refractivity contribution in [3.05, 3.63) is 58.8 Å². The first-order chi connectivity index (χ1) is 19.6. The van der Waals surface area contributed by atoms with Crippen molar-refractivity contribution in [2.45, 2.75) is 59.7 Å². The average Bonchev–Trinajstić information content (AvgIpc) is 3.30. The van der Waals surface area contributed by atoms with Gasteiger partial charge in [-0.2, -0.15) is 5.10 Å². The van der Waals surface area contributed by atoms with Crippen LogP contribution >= 0.6 is 15.9 Å². The Labute approximate surface area is 251 Å².